The summed E-state index contributed by atoms with van der Waals surface area (Å²) < 4.78 is 5.79. The van der Waals surface area contributed by atoms with Crippen LogP contribution in [0.2, 0.25) is 0 Å². The number of carbonyl (C=O) groups is 1. The highest BCUT2D eigenvalue weighted by molar-refractivity contribution is 7.15. The van der Waals surface area contributed by atoms with Gasteiger partial charge in [-0.2, -0.15) is 0 Å². The number of carbonyl (C=O) groups excluding carboxylic acids is 1. The van der Waals surface area contributed by atoms with Crippen molar-refractivity contribution in [2.75, 3.05) is 18.5 Å². The van der Waals surface area contributed by atoms with E-state index in [0.29, 0.717) is 24.7 Å². The minimum absolute atomic E-state index is 0.142. The molecule has 0 fully saturated rings. The maximum Gasteiger partial charge on any atom is 0.227 e. The van der Waals surface area contributed by atoms with Crippen LogP contribution in [0.4, 0.5) is 5.13 Å². The molecule has 1 amide bonds. The highest BCUT2D eigenvalue weighted by atomic mass is 32.1. The summed E-state index contributed by atoms with van der Waals surface area (Å²) in [6, 6.07) is 6.12. The van der Waals surface area contributed by atoms with Crippen molar-refractivity contribution in [1.82, 2.24) is 10.2 Å². The second-order valence-electron chi connectivity index (χ2n) is 4.96. The van der Waals surface area contributed by atoms with E-state index in [2.05, 4.69) is 21.6 Å². The van der Waals surface area contributed by atoms with Crippen molar-refractivity contribution >= 4 is 22.4 Å². The second-order valence-corrected chi connectivity index (χ2v) is 6.02. The Balaban J connectivity index is 1.83. The number of hydrogen-bond donors (Lipinski definition) is 2. The Bertz CT molecular complexity index is 642. The van der Waals surface area contributed by atoms with Crippen molar-refractivity contribution in [1.29, 1.82) is 0 Å². The predicted octanol–water partition coefficient (Wildman–Crippen LogP) is 2.06. The molecule has 0 radical (unpaired) electrons. The molecule has 0 bridgehead atoms. The number of ether oxygens (including phenoxy) is 1. The molecule has 2 aromatic rings. The van der Waals surface area contributed by atoms with Crippen LogP contribution < -0.4 is 15.8 Å². The third-order valence-electron chi connectivity index (χ3n) is 3.00. The summed E-state index contributed by atoms with van der Waals surface area (Å²) in [6.07, 6.45) is 0.933. The molecule has 0 spiro atoms. The molecule has 0 atom stereocenters. The van der Waals surface area contributed by atoms with Gasteiger partial charge >= 0.3 is 0 Å². The number of aromatic nitrogens is 2. The Morgan fingerprint density at radius 1 is 1.36 bits per heavy atom. The molecule has 6 nitrogen and oxygen atoms in total. The quantitative estimate of drug-likeness (QED) is 0.815. The van der Waals surface area contributed by atoms with Crippen LogP contribution in [-0.4, -0.2) is 29.3 Å². The van der Waals surface area contributed by atoms with Gasteiger partial charge in [0.15, 0.2) is 0 Å². The van der Waals surface area contributed by atoms with Crippen molar-refractivity contribution in [2.45, 2.75) is 26.7 Å². The maximum atomic E-state index is 11.4. The Morgan fingerprint density at radius 3 is 2.95 bits per heavy atom. The molecule has 0 aliphatic heterocycles. The average molecular weight is 320 g/mol. The van der Waals surface area contributed by atoms with E-state index >= 15 is 0 Å². The van der Waals surface area contributed by atoms with Gasteiger partial charge in [0.2, 0.25) is 11.0 Å². The van der Waals surface area contributed by atoms with Gasteiger partial charge in [-0.1, -0.05) is 23.5 Å². The van der Waals surface area contributed by atoms with Crippen LogP contribution in [0.5, 0.6) is 5.75 Å². The SMILES string of the molecule is Cc1ccc(C)c(OCCc2nnc(NC(=O)CCN)s2)c1. The van der Waals surface area contributed by atoms with Crippen molar-refractivity contribution in [2.24, 2.45) is 5.73 Å². The van der Waals surface area contributed by atoms with Crippen LogP contribution >= 0.6 is 11.3 Å². The maximum absolute atomic E-state index is 11.4. The highest BCUT2D eigenvalue weighted by Gasteiger charge is 2.08. The normalized spacial score (nSPS) is 10.5. The van der Waals surface area contributed by atoms with Gasteiger partial charge in [-0.15, -0.1) is 10.2 Å². The van der Waals surface area contributed by atoms with E-state index in [9.17, 15) is 4.79 Å². The fourth-order valence-electron chi connectivity index (χ4n) is 1.83. The lowest BCUT2D eigenvalue weighted by atomic mass is 10.1. The van der Waals surface area contributed by atoms with E-state index < -0.39 is 0 Å². The zero-order valence-corrected chi connectivity index (χ0v) is 13.6. The number of nitrogens with one attached hydrogen (secondary N) is 1. The van der Waals surface area contributed by atoms with Gasteiger partial charge in [-0.05, 0) is 31.0 Å². The smallest absolute Gasteiger partial charge is 0.227 e. The number of amides is 1. The highest BCUT2D eigenvalue weighted by Crippen LogP contribution is 2.20. The fourth-order valence-corrected chi connectivity index (χ4v) is 2.57. The monoisotopic (exact) mass is 320 g/mol. The standard InChI is InChI=1S/C15H20N4O2S/c1-10-3-4-11(2)12(9-10)21-8-6-14-18-19-15(22-14)17-13(20)5-7-16/h3-4,9H,5-8,16H2,1-2H3,(H,17,19,20). The van der Waals surface area contributed by atoms with Crippen LogP contribution in [0.3, 0.4) is 0 Å². The summed E-state index contributed by atoms with van der Waals surface area (Å²) in [4.78, 5) is 11.4. The van der Waals surface area contributed by atoms with E-state index in [0.717, 1.165) is 16.3 Å². The minimum atomic E-state index is -0.142. The van der Waals surface area contributed by atoms with Gasteiger partial charge in [0.05, 0.1) is 6.61 Å². The van der Waals surface area contributed by atoms with E-state index in [1.165, 1.54) is 16.9 Å². The van der Waals surface area contributed by atoms with Crippen molar-refractivity contribution in [3.63, 3.8) is 0 Å². The molecule has 7 heteroatoms. The first-order valence-electron chi connectivity index (χ1n) is 7.11. The molecule has 1 aromatic heterocycles. The van der Waals surface area contributed by atoms with Gasteiger partial charge < -0.3 is 15.8 Å². The first kappa shape index (κ1) is 16.4. The number of rotatable bonds is 7. The lowest BCUT2D eigenvalue weighted by molar-refractivity contribution is -0.116. The number of nitrogens with two attached hydrogens (primary N) is 1. The molecule has 1 heterocycles. The molecule has 0 aliphatic rings. The third-order valence-corrected chi connectivity index (χ3v) is 3.90. The molecule has 0 aliphatic carbocycles. The molecule has 1 aromatic carbocycles. The van der Waals surface area contributed by atoms with Gasteiger partial charge in [0, 0.05) is 19.4 Å². The van der Waals surface area contributed by atoms with Gasteiger partial charge in [-0.25, -0.2) is 0 Å². The zero-order chi connectivity index (χ0) is 15.9. The van der Waals surface area contributed by atoms with Crippen LogP contribution in [0.25, 0.3) is 0 Å². The molecule has 0 saturated carbocycles. The molecular formula is C15H20N4O2S. The van der Waals surface area contributed by atoms with Crippen LogP contribution in [0, 0.1) is 13.8 Å². The Morgan fingerprint density at radius 2 is 2.18 bits per heavy atom. The van der Waals surface area contributed by atoms with E-state index in [1.807, 2.05) is 26.0 Å². The molecule has 0 unspecified atom stereocenters. The minimum Gasteiger partial charge on any atom is -0.493 e. The van der Waals surface area contributed by atoms with Crippen molar-refractivity contribution in [3.8, 4) is 5.75 Å². The Hall–Kier alpha value is -1.99. The topological polar surface area (TPSA) is 90.1 Å². The lowest BCUT2D eigenvalue weighted by Crippen LogP contribution is -2.15. The third kappa shape index (κ3) is 4.78. The first-order valence-corrected chi connectivity index (χ1v) is 7.92. The van der Waals surface area contributed by atoms with Gasteiger partial charge in [0.25, 0.3) is 0 Å². The van der Waals surface area contributed by atoms with Crippen molar-refractivity contribution < 1.29 is 9.53 Å². The Kier molecular flexibility index (Phi) is 5.85. The predicted molar refractivity (Wildman–Crippen MR) is 87.3 cm³/mol. The van der Waals surface area contributed by atoms with E-state index in [4.69, 9.17) is 10.5 Å². The van der Waals surface area contributed by atoms with Crippen LogP contribution in [0.1, 0.15) is 22.6 Å². The molecule has 118 valence electrons. The van der Waals surface area contributed by atoms with Gasteiger partial charge in [0.1, 0.15) is 10.8 Å². The largest absolute Gasteiger partial charge is 0.493 e. The molecule has 3 N–H and O–H groups in total. The van der Waals surface area contributed by atoms with E-state index in [-0.39, 0.29) is 12.3 Å². The number of benzene rings is 1. The van der Waals surface area contributed by atoms with Crippen LogP contribution in [-0.2, 0) is 11.2 Å². The Labute approximate surface area is 133 Å². The van der Waals surface area contributed by atoms with Gasteiger partial charge in [-0.3, -0.25) is 4.79 Å². The number of aryl methyl sites for hydroxylation is 2. The van der Waals surface area contributed by atoms with Crippen LogP contribution in [0.15, 0.2) is 18.2 Å². The fraction of sp³-hybridized carbons (Fsp3) is 0.400. The summed E-state index contributed by atoms with van der Waals surface area (Å²) in [5, 5.41) is 12.0. The van der Waals surface area contributed by atoms with Crippen molar-refractivity contribution in [3.05, 3.63) is 34.3 Å². The molecular weight excluding hydrogens is 300 g/mol. The average Bonchev–Trinajstić information content (AvgIpc) is 2.90. The summed E-state index contributed by atoms with van der Waals surface area (Å²) in [6.45, 7) is 4.90. The number of nitrogens with zero attached hydrogens (tertiary/aromatic N) is 2. The number of hydrogen-bond acceptors (Lipinski definition) is 6. The summed E-state index contributed by atoms with van der Waals surface area (Å²) in [5.41, 5.74) is 7.60. The van der Waals surface area contributed by atoms with E-state index in [1.54, 1.807) is 0 Å². The first-order chi connectivity index (χ1) is 10.6. The summed E-state index contributed by atoms with van der Waals surface area (Å²) in [5.74, 6) is 0.748. The number of anilines is 1. The molecule has 2 rings (SSSR count). The summed E-state index contributed by atoms with van der Waals surface area (Å²) >= 11 is 1.35. The molecule has 0 saturated heterocycles. The second kappa shape index (κ2) is 7.86. The zero-order valence-electron chi connectivity index (χ0n) is 12.8. The lowest BCUT2D eigenvalue weighted by Gasteiger charge is -2.08. The molecule has 22 heavy (non-hydrogen) atoms. The summed E-state index contributed by atoms with van der Waals surface area (Å²) in [7, 11) is 0.